The fourth-order valence-electron chi connectivity index (χ4n) is 2.93. The van der Waals surface area contributed by atoms with E-state index < -0.39 is 0 Å². The molecule has 1 saturated heterocycles. The van der Waals surface area contributed by atoms with Crippen molar-refractivity contribution in [3.05, 3.63) is 24.5 Å². The summed E-state index contributed by atoms with van der Waals surface area (Å²) in [6.07, 6.45) is 6.38. The van der Waals surface area contributed by atoms with E-state index in [-0.39, 0.29) is 17.9 Å². The summed E-state index contributed by atoms with van der Waals surface area (Å²) in [5.74, 6) is 0.162. The molecule has 1 amide bonds. The molecule has 3 atom stereocenters. The minimum Gasteiger partial charge on any atom is -0.375 e. The number of carbonyl (C=O) groups excluding carboxylic acids is 1. The van der Waals surface area contributed by atoms with Crippen LogP contribution in [0.15, 0.2) is 24.5 Å². The van der Waals surface area contributed by atoms with Crippen LogP contribution >= 0.6 is 0 Å². The third kappa shape index (κ3) is 2.93. The van der Waals surface area contributed by atoms with Crippen LogP contribution in [0.25, 0.3) is 0 Å². The molecule has 2 heterocycles. The summed E-state index contributed by atoms with van der Waals surface area (Å²) in [5.41, 5.74) is 0.766. The van der Waals surface area contributed by atoms with E-state index in [2.05, 4.69) is 15.6 Å². The number of rotatable bonds is 2. The predicted molar refractivity (Wildman–Crippen MR) is 71.7 cm³/mol. The maximum Gasteiger partial charge on any atom is 0.227 e. The molecule has 1 aromatic heterocycles. The Morgan fingerprint density at radius 3 is 3.26 bits per heavy atom. The topological polar surface area (TPSA) is 63.2 Å². The molecule has 1 aliphatic carbocycles. The Kier molecular flexibility index (Phi) is 3.75. The van der Waals surface area contributed by atoms with E-state index in [1.807, 2.05) is 12.1 Å². The van der Waals surface area contributed by atoms with Gasteiger partial charge in [0, 0.05) is 24.7 Å². The average Bonchev–Trinajstić information content (AvgIpc) is 2.48. The normalized spacial score (nSPS) is 30.4. The number of nitrogens with zero attached hydrogens (tertiary/aromatic N) is 1. The molecular formula is C14H19N3O2. The van der Waals surface area contributed by atoms with Crippen LogP contribution in [0.3, 0.4) is 0 Å². The first kappa shape index (κ1) is 12.6. The SMILES string of the molecule is O=C(Nc1cccnc1)[C@H]1CC[C@H]2OCCN[C@@H]2C1. The summed E-state index contributed by atoms with van der Waals surface area (Å²) in [6.45, 7) is 1.67. The quantitative estimate of drug-likeness (QED) is 0.839. The number of hydrogen-bond donors (Lipinski definition) is 2. The lowest BCUT2D eigenvalue weighted by atomic mass is 9.82. The molecule has 5 nitrogen and oxygen atoms in total. The van der Waals surface area contributed by atoms with Gasteiger partial charge in [0.25, 0.3) is 0 Å². The Balaban J connectivity index is 1.59. The number of ether oxygens (including phenoxy) is 1. The van der Waals surface area contributed by atoms with E-state index in [1.54, 1.807) is 12.4 Å². The van der Waals surface area contributed by atoms with E-state index in [4.69, 9.17) is 4.74 Å². The van der Waals surface area contributed by atoms with Crippen molar-refractivity contribution in [2.24, 2.45) is 5.92 Å². The van der Waals surface area contributed by atoms with Crippen LogP contribution in [-0.2, 0) is 9.53 Å². The molecule has 1 aromatic rings. The van der Waals surface area contributed by atoms with E-state index in [9.17, 15) is 4.79 Å². The summed E-state index contributed by atoms with van der Waals surface area (Å²) in [4.78, 5) is 16.2. The van der Waals surface area contributed by atoms with Crippen molar-refractivity contribution in [2.75, 3.05) is 18.5 Å². The van der Waals surface area contributed by atoms with Gasteiger partial charge in [-0.05, 0) is 31.4 Å². The lowest BCUT2D eigenvalue weighted by Crippen LogP contribution is -2.52. The second-order valence-electron chi connectivity index (χ2n) is 5.21. The Bertz CT molecular complexity index is 438. The van der Waals surface area contributed by atoms with E-state index >= 15 is 0 Å². The molecule has 5 heteroatoms. The average molecular weight is 261 g/mol. The van der Waals surface area contributed by atoms with Gasteiger partial charge in [0.05, 0.1) is 24.6 Å². The highest BCUT2D eigenvalue weighted by Crippen LogP contribution is 2.29. The largest absolute Gasteiger partial charge is 0.375 e. The third-order valence-corrected chi connectivity index (χ3v) is 3.93. The van der Waals surface area contributed by atoms with Crippen LogP contribution < -0.4 is 10.6 Å². The van der Waals surface area contributed by atoms with Crippen LogP contribution in [0.2, 0.25) is 0 Å². The fraction of sp³-hybridized carbons (Fsp3) is 0.571. The van der Waals surface area contributed by atoms with E-state index in [1.165, 1.54) is 0 Å². The number of amides is 1. The van der Waals surface area contributed by atoms with Gasteiger partial charge in [0.1, 0.15) is 0 Å². The van der Waals surface area contributed by atoms with Gasteiger partial charge in [0.2, 0.25) is 5.91 Å². The molecule has 19 heavy (non-hydrogen) atoms. The first-order valence-corrected chi connectivity index (χ1v) is 6.89. The number of anilines is 1. The van der Waals surface area contributed by atoms with Crippen molar-refractivity contribution in [3.8, 4) is 0 Å². The monoisotopic (exact) mass is 261 g/mol. The second kappa shape index (κ2) is 5.67. The Morgan fingerprint density at radius 2 is 2.42 bits per heavy atom. The lowest BCUT2D eigenvalue weighted by Gasteiger charge is -2.39. The van der Waals surface area contributed by atoms with Crippen LogP contribution in [0.5, 0.6) is 0 Å². The summed E-state index contributed by atoms with van der Waals surface area (Å²) in [5, 5.41) is 6.39. The molecule has 1 aliphatic heterocycles. The first-order chi connectivity index (χ1) is 9.33. The highest BCUT2D eigenvalue weighted by Gasteiger charge is 2.35. The van der Waals surface area contributed by atoms with Crippen molar-refractivity contribution >= 4 is 11.6 Å². The minimum absolute atomic E-state index is 0.0654. The van der Waals surface area contributed by atoms with E-state index in [0.29, 0.717) is 6.04 Å². The predicted octanol–water partition coefficient (Wildman–Crippen LogP) is 1.18. The number of morpholine rings is 1. The van der Waals surface area contributed by atoms with Gasteiger partial charge in [-0.15, -0.1) is 0 Å². The number of aromatic nitrogens is 1. The zero-order chi connectivity index (χ0) is 13.1. The zero-order valence-corrected chi connectivity index (χ0v) is 10.8. The number of carbonyl (C=O) groups is 1. The van der Waals surface area contributed by atoms with Gasteiger partial charge in [-0.3, -0.25) is 9.78 Å². The molecular weight excluding hydrogens is 242 g/mol. The fourth-order valence-corrected chi connectivity index (χ4v) is 2.93. The smallest absolute Gasteiger partial charge is 0.227 e. The second-order valence-corrected chi connectivity index (χ2v) is 5.21. The molecule has 1 saturated carbocycles. The number of hydrogen-bond acceptors (Lipinski definition) is 4. The van der Waals surface area contributed by atoms with Crippen molar-refractivity contribution in [2.45, 2.75) is 31.4 Å². The van der Waals surface area contributed by atoms with E-state index in [0.717, 1.165) is 38.1 Å². The highest BCUT2D eigenvalue weighted by atomic mass is 16.5. The number of fused-ring (bicyclic) bond motifs is 1. The molecule has 0 spiro atoms. The van der Waals surface area contributed by atoms with Gasteiger partial charge in [-0.25, -0.2) is 0 Å². The molecule has 0 aromatic carbocycles. The van der Waals surface area contributed by atoms with Gasteiger partial charge < -0.3 is 15.4 Å². The van der Waals surface area contributed by atoms with Crippen LogP contribution in [0.4, 0.5) is 5.69 Å². The molecule has 3 rings (SSSR count). The van der Waals surface area contributed by atoms with Crippen molar-refractivity contribution in [3.63, 3.8) is 0 Å². The maximum atomic E-state index is 12.2. The Labute approximate surface area is 112 Å². The molecule has 0 radical (unpaired) electrons. The van der Waals surface area contributed by atoms with Crippen LogP contribution in [0.1, 0.15) is 19.3 Å². The maximum absolute atomic E-state index is 12.2. The zero-order valence-electron chi connectivity index (χ0n) is 10.8. The van der Waals surface area contributed by atoms with Crippen molar-refractivity contribution in [1.29, 1.82) is 0 Å². The molecule has 0 unspecified atom stereocenters. The van der Waals surface area contributed by atoms with Gasteiger partial charge in [-0.1, -0.05) is 0 Å². The molecule has 2 fully saturated rings. The molecule has 2 N–H and O–H groups in total. The summed E-state index contributed by atoms with van der Waals surface area (Å²) in [7, 11) is 0. The first-order valence-electron chi connectivity index (χ1n) is 6.89. The van der Waals surface area contributed by atoms with Crippen molar-refractivity contribution < 1.29 is 9.53 Å². The number of nitrogens with one attached hydrogen (secondary N) is 2. The lowest BCUT2D eigenvalue weighted by molar-refractivity contribution is -0.123. The molecule has 0 bridgehead atoms. The van der Waals surface area contributed by atoms with Gasteiger partial charge in [-0.2, -0.15) is 0 Å². The molecule has 102 valence electrons. The van der Waals surface area contributed by atoms with Gasteiger partial charge in [0.15, 0.2) is 0 Å². The summed E-state index contributed by atoms with van der Waals surface area (Å²) in [6, 6.07) is 4.01. The van der Waals surface area contributed by atoms with Gasteiger partial charge >= 0.3 is 0 Å². The minimum atomic E-state index is 0.0654. The van der Waals surface area contributed by atoms with Crippen molar-refractivity contribution in [1.82, 2.24) is 10.3 Å². The van der Waals surface area contributed by atoms with Crippen LogP contribution in [0, 0.1) is 5.92 Å². The molecule has 2 aliphatic rings. The standard InChI is InChI=1S/C14H19N3O2/c18-14(17-11-2-1-5-15-9-11)10-3-4-13-12(8-10)16-6-7-19-13/h1-2,5,9-10,12-13,16H,3-4,6-8H2,(H,17,18)/t10-,12+,13+/m0/s1. The number of pyridine rings is 1. The van der Waals surface area contributed by atoms with Crippen LogP contribution in [-0.4, -0.2) is 36.2 Å². The highest BCUT2D eigenvalue weighted by molar-refractivity contribution is 5.92. The Morgan fingerprint density at radius 1 is 1.47 bits per heavy atom. The summed E-state index contributed by atoms with van der Waals surface area (Å²) < 4.78 is 5.72. The summed E-state index contributed by atoms with van der Waals surface area (Å²) >= 11 is 0. The Hall–Kier alpha value is -1.46. The third-order valence-electron chi connectivity index (χ3n) is 3.93.